The molecule has 0 aromatic carbocycles. The number of carbonyl (C=O) groups excluding carboxylic acids is 1. The van der Waals surface area contributed by atoms with Crippen LogP contribution in [0.1, 0.15) is 26.5 Å². The van der Waals surface area contributed by atoms with Gasteiger partial charge in [0.1, 0.15) is 0 Å². The lowest BCUT2D eigenvalue weighted by Gasteiger charge is -2.15. The molecule has 0 bridgehead atoms. The van der Waals surface area contributed by atoms with Crippen LogP contribution in [-0.4, -0.2) is 33.0 Å². The molecule has 2 rings (SSSR count). The zero-order valence-corrected chi connectivity index (χ0v) is 13.4. The quantitative estimate of drug-likeness (QED) is 0.848. The fraction of sp³-hybridized carbons (Fsp3) is 0.500. The number of thiazole rings is 1. The number of nitrogens with one attached hydrogen (secondary N) is 1. The maximum atomic E-state index is 11.5. The lowest BCUT2D eigenvalue weighted by molar-refractivity contribution is -0.116. The van der Waals surface area contributed by atoms with Crippen LogP contribution in [0.4, 0.5) is 5.13 Å². The molecule has 2 aromatic heterocycles. The summed E-state index contributed by atoms with van der Waals surface area (Å²) in [6.45, 7) is 7.85. The monoisotopic (exact) mass is 307 g/mol. The molecule has 1 N–H and O–H groups in total. The number of nitrogens with zero attached hydrogens (tertiary/aromatic N) is 4. The van der Waals surface area contributed by atoms with Crippen LogP contribution >= 0.6 is 11.3 Å². The maximum Gasteiger partial charge on any atom is 0.225 e. The minimum atomic E-state index is 0.0276. The molecule has 0 aliphatic rings. The van der Waals surface area contributed by atoms with Gasteiger partial charge in [0.25, 0.3) is 0 Å². The number of carbonyl (C=O) groups is 1. The molecule has 1 atom stereocenters. The van der Waals surface area contributed by atoms with E-state index in [1.54, 1.807) is 18.0 Å². The van der Waals surface area contributed by atoms with Crippen molar-refractivity contribution in [3.8, 4) is 0 Å². The molecule has 0 aliphatic carbocycles. The molecular formula is C14H21N5OS. The van der Waals surface area contributed by atoms with Crippen molar-refractivity contribution < 1.29 is 4.79 Å². The van der Waals surface area contributed by atoms with E-state index in [9.17, 15) is 4.79 Å². The standard InChI is InChI=1S/C14H21N5OS/c1-4-19(12(3)20)14-17-13(9-21-14)7-16-11(2)8-18-6-5-15-10-18/h5-6,9-11,16H,4,7-8H2,1-3H3. The summed E-state index contributed by atoms with van der Waals surface area (Å²) < 4.78 is 2.04. The van der Waals surface area contributed by atoms with E-state index >= 15 is 0 Å². The average molecular weight is 307 g/mol. The number of imidazole rings is 1. The van der Waals surface area contributed by atoms with Gasteiger partial charge in [-0.2, -0.15) is 0 Å². The Bertz CT molecular complexity index is 566. The second-order valence-electron chi connectivity index (χ2n) is 4.93. The van der Waals surface area contributed by atoms with Crippen LogP contribution in [0.3, 0.4) is 0 Å². The molecular weight excluding hydrogens is 286 g/mol. The molecule has 1 amide bonds. The molecule has 7 heteroatoms. The van der Waals surface area contributed by atoms with Crippen molar-refractivity contribution in [2.75, 3.05) is 11.4 Å². The maximum absolute atomic E-state index is 11.5. The van der Waals surface area contributed by atoms with Crippen LogP contribution in [0.25, 0.3) is 0 Å². The van der Waals surface area contributed by atoms with Crippen LogP contribution in [0, 0.1) is 0 Å². The molecule has 0 radical (unpaired) electrons. The van der Waals surface area contributed by atoms with Crippen LogP contribution in [0.15, 0.2) is 24.1 Å². The SMILES string of the molecule is CCN(C(C)=O)c1nc(CNC(C)Cn2ccnc2)cs1. The molecule has 0 fully saturated rings. The largest absolute Gasteiger partial charge is 0.336 e. The van der Waals surface area contributed by atoms with Crippen molar-refractivity contribution >= 4 is 22.4 Å². The lowest BCUT2D eigenvalue weighted by atomic mass is 10.3. The van der Waals surface area contributed by atoms with E-state index in [0.717, 1.165) is 17.4 Å². The number of amides is 1. The highest BCUT2D eigenvalue weighted by Gasteiger charge is 2.13. The lowest BCUT2D eigenvalue weighted by Crippen LogP contribution is -2.30. The zero-order chi connectivity index (χ0) is 15.2. The van der Waals surface area contributed by atoms with E-state index in [-0.39, 0.29) is 5.91 Å². The Morgan fingerprint density at radius 2 is 2.38 bits per heavy atom. The summed E-state index contributed by atoms with van der Waals surface area (Å²) in [5, 5.41) is 6.19. The zero-order valence-electron chi connectivity index (χ0n) is 12.6. The van der Waals surface area contributed by atoms with Gasteiger partial charge in [-0.1, -0.05) is 0 Å². The van der Waals surface area contributed by atoms with Gasteiger partial charge in [-0.15, -0.1) is 11.3 Å². The van der Waals surface area contributed by atoms with Crippen molar-refractivity contribution in [2.45, 2.75) is 39.9 Å². The van der Waals surface area contributed by atoms with Gasteiger partial charge in [0.2, 0.25) is 5.91 Å². The van der Waals surface area contributed by atoms with Crippen LogP contribution in [0.2, 0.25) is 0 Å². The van der Waals surface area contributed by atoms with Gasteiger partial charge < -0.3 is 9.88 Å². The molecule has 0 saturated heterocycles. The Hall–Kier alpha value is -1.73. The van der Waals surface area contributed by atoms with E-state index in [1.807, 2.05) is 29.4 Å². The van der Waals surface area contributed by atoms with Gasteiger partial charge in [0, 0.05) is 50.4 Å². The van der Waals surface area contributed by atoms with E-state index in [2.05, 4.69) is 22.2 Å². The summed E-state index contributed by atoms with van der Waals surface area (Å²) in [6.07, 6.45) is 5.54. The molecule has 0 aliphatic heterocycles. The second kappa shape index (κ2) is 7.33. The second-order valence-corrected chi connectivity index (χ2v) is 5.76. The molecule has 0 saturated carbocycles. The molecule has 6 nitrogen and oxygen atoms in total. The number of aromatic nitrogens is 3. The third-order valence-electron chi connectivity index (χ3n) is 3.14. The number of hydrogen-bond donors (Lipinski definition) is 1. The molecule has 114 valence electrons. The Balaban J connectivity index is 1.86. The highest BCUT2D eigenvalue weighted by molar-refractivity contribution is 7.14. The first kappa shape index (κ1) is 15.7. The third kappa shape index (κ3) is 4.37. The Labute approximate surface area is 128 Å². The van der Waals surface area contributed by atoms with Crippen molar-refractivity contribution in [3.05, 3.63) is 29.8 Å². The highest BCUT2D eigenvalue weighted by atomic mass is 32.1. The van der Waals surface area contributed by atoms with Crippen molar-refractivity contribution in [2.24, 2.45) is 0 Å². The van der Waals surface area contributed by atoms with Crippen molar-refractivity contribution in [3.63, 3.8) is 0 Å². The fourth-order valence-electron chi connectivity index (χ4n) is 2.05. The fourth-order valence-corrected chi connectivity index (χ4v) is 2.98. The number of rotatable bonds is 7. The average Bonchev–Trinajstić information content (AvgIpc) is 3.08. The van der Waals surface area contributed by atoms with E-state index in [4.69, 9.17) is 0 Å². The van der Waals surface area contributed by atoms with Gasteiger partial charge in [0.15, 0.2) is 5.13 Å². The van der Waals surface area contributed by atoms with Gasteiger partial charge >= 0.3 is 0 Å². The summed E-state index contributed by atoms with van der Waals surface area (Å²) >= 11 is 1.51. The van der Waals surface area contributed by atoms with E-state index < -0.39 is 0 Å². The minimum Gasteiger partial charge on any atom is -0.336 e. The molecule has 2 aromatic rings. The van der Waals surface area contributed by atoms with E-state index in [0.29, 0.717) is 19.1 Å². The first-order valence-corrected chi connectivity index (χ1v) is 7.89. The predicted molar refractivity (Wildman–Crippen MR) is 84.3 cm³/mol. The first-order chi connectivity index (χ1) is 10.1. The minimum absolute atomic E-state index is 0.0276. The molecule has 2 heterocycles. The van der Waals surface area contributed by atoms with E-state index in [1.165, 1.54) is 11.3 Å². The predicted octanol–water partition coefficient (Wildman–Crippen LogP) is 1.89. The topological polar surface area (TPSA) is 63.1 Å². The summed E-state index contributed by atoms with van der Waals surface area (Å²) in [6, 6.07) is 0.319. The van der Waals surface area contributed by atoms with Crippen LogP contribution in [-0.2, 0) is 17.9 Å². The molecule has 1 unspecified atom stereocenters. The van der Waals surface area contributed by atoms with Crippen LogP contribution in [0.5, 0.6) is 0 Å². The van der Waals surface area contributed by atoms with Gasteiger partial charge in [-0.05, 0) is 13.8 Å². The summed E-state index contributed by atoms with van der Waals surface area (Å²) in [5.74, 6) is 0.0276. The number of hydrogen-bond acceptors (Lipinski definition) is 5. The van der Waals surface area contributed by atoms with Gasteiger partial charge in [-0.3, -0.25) is 9.69 Å². The van der Waals surface area contributed by atoms with Crippen LogP contribution < -0.4 is 10.2 Å². The highest BCUT2D eigenvalue weighted by Crippen LogP contribution is 2.20. The third-order valence-corrected chi connectivity index (χ3v) is 4.05. The molecule has 0 spiro atoms. The Morgan fingerprint density at radius 3 is 3.00 bits per heavy atom. The molecule has 21 heavy (non-hydrogen) atoms. The summed E-state index contributed by atoms with van der Waals surface area (Å²) in [7, 11) is 0. The summed E-state index contributed by atoms with van der Waals surface area (Å²) in [5.41, 5.74) is 0.965. The number of anilines is 1. The Kier molecular flexibility index (Phi) is 5.46. The van der Waals surface area contributed by atoms with Gasteiger partial charge in [-0.25, -0.2) is 9.97 Å². The first-order valence-electron chi connectivity index (χ1n) is 7.01. The van der Waals surface area contributed by atoms with Crippen molar-refractivity contribution in [1.82, 2.24) is 19.9 Å². The normalized spacial score (nSPS) is 12.3. The Morgan fingerprint density at radius 1 is 1.57 bits per heavy atom. The summed E-state index contributed by atoms with van der Waals surface area (Å²) in [4.78, 5) is 21.7. The van der Waals surface area contributed by atoms with Crippen molar-refractivity contribution in [1.29, 1.82) is 0 Å². The smallest absolute Gasteiger partial charge is 0.225 e. The van der Waals surface area contributed by atoms with Gasteiger partial charge in [0.05, 0.1) is 12.0 Å².